The second-order valence-corrected chi connectivity index (χ2v) is 3.25. The second-order valence-electron chi connectivity index (χ2n) is 2.90. The molecule has 0 radical (unpaired) electrons. The maximum Gasteiger partial charge on any atom is 0.215 e. The maximum atomic E-state index is 8.77. The van der Waals surface area contributed by atoms with Crippen molar-refractivity contribution in [3.8, 4) is 11.9 Å². The van der Waals surface area contributed by atoms with Gasteiger partial charge in [0.05, 0.1) is 12.2 Å². The van der Waals surface area contributed by atoms with Crippen molar-refractivity contribution in [2.24, 2.45) is 0 Å². The molecule has 0 aliphatic rings. The van der Waals surface area contributed by atoms with Gasteiger partial charge in [0, 0.05) is 13.2 Å². The topological polar surface area (TPSA) is 55.1 Å². The average molecular weight is 227 g/mol. The van der Waals surface area contributed by atoms with Crippen molar-refractivity contribution in [3.63, 3.8) is 0 Å². The van der Waals surface area contributed by atoms with E-state index in [0.717, 1.165) is 5.56 Å². The highest BCUT2D eigenvalue weighted by Crippen LogP contribution is 2.21. The zero-order valence-electron chi connectivity index (χ0n) is 8.58. The third kappa shape index (κ3) is 3.08. The predicted octanol–water partition coefficient (Wildman–Crippen LogP) is 1.94. The number of halogens is 1. The van der Waals surface area contributed by atoms with Crippen LogP contribution in [0.1, 0.15) is 11.1 Å². The summed E-state index contributed by atoms with van der Waals surface area (Å²) in [5.41, 5.74) is 1.14. The van der Waals surface area contributed by atoms with Crippen LogP contribution in [0.25, 0.3) is 0 Å². The van der Waals surface area contributed by atoms with Crippen molar-refractivity contribution in [2.75, 3.05) is 20.3 Å². The van der Waals surface area contributed by atoms with Crippen molar-refractivity contribution in [2.45, 2.75) is 6.92 Å². The van der Waals surface area contributed by atoms with Crippen LogP contribution in [-0.4, -0.2) is 25.3 Å². The number of rotatable bonds is 4. The SMILES string of the molecule is COCCOc1cc(C)c(C#N)c(Cl)n1. The quantitative estimate of drug-likeness (QED) is 0.582. The molecule has 1 rings (SSSR count). The zero-order chi connectivity index (χ0) is 11.3. The summed E-state index contributed by atoms with van der Waals surface area (Å²) in [7, 11) is 1.59. The van der Waals surface area contributed by atoms with E-state index in [2.05, 4.69) is 4.98 Å². The first-order valence-corrected chi connectivity index (χ1v) is 4.75. The summed E-state index contributed by atoms with van der Waals surface area (Å²) in [5, 5.41) is 8.94. The number of methoxy groups -OCH3 is 1. The molecule has 1 heterocycles. The van der Waals surface area contributed by atoms with Crippen LogP contribution < -0.4 is 4.74 Å². The van der Waals surface area contributed by atoms with Gasteiger partial charge in [-0.2, -0.15) is 5.26 Å². The lowest BCUT2D eigenvalue weighted by molar-refractivity contribution is 0.143. The lowest BCUT2D eigenvalue weighted by Crippen LogP contribution is -2.06. The Morgan fingerprint density at radius 3 is 2.80 bits per heavy atom. The minimum absolute atomic E-state index is 0.171. The van der Waals surface area contributed by atoms with Gasteiger partial charge in [0.1, 0.15) is 12.7 Å². The van der Waals surface area contributed by atoms with E-state index >= 15 is 0 Å². The van der Waals surface area contributed by atoms with Crippen LogP contribution in [0.3, 0.4) is 0 Å². The molecule has 80 valence electrons. The van der Waals surface area contributed by atoms with E-state index in [1.807, 2.05) is 6.07 Å². The highest BCUT2D eigenvalue weighted by Gasteiger charge is 2.08. The monoisotopic (exact) mass is 226 g/mol. The molecule has 0 aliphatic carbocycles. The summed E-state index contributed by atoms with van der Waals surface area (Å²) < 4.78 is 10.1. The van der Waals surface area contributed by atoms with Crippen molar-refractivity contribution >= 4 is 11.6 Å². The van der Waals surface area contributed by atoms with Gasteiger partial charge in [-0.1, -0.05) is 11.6 Å². The molecule has 0 saturated carbocycles. The molecule has 0 saturated heterocycles. The number of ether oxygens (including phenoxy) is 2. The van der Waals surface area contributed by atoms with Gasteiger partial charge < -0.3 is 9.47 Å². The molecule has 0 aromatic carbocycles. The number of hydrogen-bond donors (Lipinski definition) is 0. The van der Waals surface area contributed by atoms with Gasteiger partial charge in [-0.3, -0.25) is 0 Å². The van der Waals surface area contributed by atoms with E-state index in [1.165, 1.54) is 0 Å². The van der Waals surface area contributed by atoms with Gasteiger partial charge in [-0.25, -0.2) is 4.98 Å². The van der Waals surface area contributed by atoms with Crippen LogP contribution in [0.2, 0.25) is 5.15 Å². The first kappa shape index (κ1) is 11.8. The summed E-state index contributed by atoms with van der Waals surface area (Å²) >= 11 is 5.80. The molecule has 0 N–H and O–H groups in total. The van der Waals surface area contributed by atoms with Gasteiger partial charge in [0.2, 0.25) is 5.88 Å². The number of nitrogens with zero attached hydrogens (tertiary/aromatic N) is 2. The molecule has 4 nitrogen and oxygen atoms in total. The molecule has 0 atom stereocenters. The van der Waals surface area contributed by atoms with Gasteiger partial charge in [0.25, 0.3) is 0 Å². The summed E-state index contributed by atoms with van der Waals surface area (Å²) in [6, 6.07) is 3.66. The largest absolute Gasteiger partial charge is 0.475 e. The number of nitriles is 1. The molecule has 0 aliphatic heterocycles. The Kier molecular flexibility index (Phi) is 4.35. The number of hydrogen-bond acceptors (Lipinski definition) is 4. The van der Waals surface area contributed by atoms with Crippen LogP contribution in [0, 0.1) is 18.3 Å². The highest BCUT2D eigenvalue weighted by molar-refractivity contribution is 6.30. The Morgan fingerprint density at radius 2 is 2.27 bits per heavy atom. The molecule has 0 fully saturated rings. The van der Waals surface area contributed by atoms with Crippen molar-refractivity contribution in [1.29, 1.82) is 5.26 Å². The zero-order valence-corrected chi connectivity index (χ0v) is 9.34. The Morgan fingerprint density at radius 1 is 1.53 bits per heavy atom. The van der Waals surface area contributed by atoms with Gasteiger partial charge in [-0.05, 0) is 12.5 Å². The fourth-order valence-corrected chi connectivity index (χ4v) is 1.32. The smallest absolute Gasteiger partial charge is 0.215 e. The molecular formula is C10H11ClN2O2. The Bertz CT molecular complexity index is 364. The van der Waals surface area contributed by atoms with Crippen LogP contribution in [-0.2, 0) is 4.74 Å². The second kappa shape index (κ2) is 5.54. The Hall–Kier alpha value is -1.31. The van der Waals surface area contributed by atoms with Crippen molar-refractivity contribution in [3.05, 3.63) is 22.3 Å². The predicted molar refractivity (Wildman–Crippen MR) is 56.1 cm³/mol. The molecule has 0 unspecified atom stereocenters. The number of aromatic nitrogens is 1. The molecule has 0 amide bonds. The van der Waals surface area contributed by atoms with Crippen molar-refractivity contribution < 1.29 is 9.47 Å². The third-order valence-electron chi connectivity index (χ3n) is 1.80. The first-order chi connectivity index (χ1) is 7.19. The molecule has 1 aromatic heterocycles. The van der Waals surface area contributed by atoms with Crippen molar-refractivity contribution in [1.82, 2.24) is 4.98 Å². The number of aryl methyl sites for hydroxylation is 1. The summed E-state index contributed by atoms with van der Waals surface area (Å²) in [6.45, 7) is 2.68. The van der Waals surface area contributed by atoms with E-state index in [9.17, 15) is 0 Å². The molecule has 1 aromatic rings. The van der Waals surface area contributed by atoms with Crippen LogP contribution >= 0.6 is 11.6 Å². The van der Waals surface area contributed by atoms with E-state index in [0.29, 0.717) is 24.7 Å². The Labute approximate surface area is 93.4 Å². The van der Waals surface area contributed by atoms with Crippen LogP contribution in [0.5, 0.6) is 5.88 Å². The first-order valence-electron chi connectivity index (χ1n) is 4.38. The fourth-order valence-electron chi connectivity index (χ4n) is 1.04. The highest BCUT2D eigenvalue weighted by atomic mass is 35.5. The lowest BCUT2D eigenvalue weighted by atomic mass is 10.2. The molecule has 0 bridgehead atoms. The standard InChI is InChI=1S/C10H11ClN2O2/c1-7-5-9(15-4-3-14-2)13-10(11)8(7)6-12/h5H,3-4H2,1-2H3. The van der Waals surface area contributed by atoms with E-state index < -0.39 is 0 Å². The van der Waals surface area contributed by atoms with Gasteiger partial charge in [-0.15, -0.1) is 0 Å². The minimum atomic E-state index is 0.171. The molecule has 0 spiro atoms. The van der Waals surface area contributed by atoms with E-state index in [1.54, 1.807) is 20.1 Å². The fraction of sp³-hybridized carbons (Fsp3) is 0.400. The van der Waals surface area contributed by atoms with Crippen LogP contribution in [0.15, 0.2) is 6.07 Å². The lowest BCUT2D eigenvalue weighted by Gasteiger charge is -2.06. The van der Waals surface area contributed by atoms with Crippen LogP contribution in [0.4, 0.5) is 0 Å². The average Bonchev–Trinajstić information content (AvgIpc) is 2.18. The third-order valence-corrected chi connectivity index (χ3v) is 2.07. The van der Waals surface area contributed by atoms with E-state index in [-0.39, 0.29) is 5.15 Å². The maximum absolute atomic E-state index is 8.77. The van der Waals surface area contributed by atoms with Gasteiger partial charge in [0.15, 0.2) is 5.15 Å². The normalized spacial score (nSPS) is 9.73. The summed E-state index contributed by atoms with van der Waals surface area (Å²) in [4.78, 5) is 3.94. The van der Waals surface area contributed by atoms with Gasteiger partial charge >= 0.3 is 0 Å². The minimum Gasteiger partial charge on any atom is -0.475 e. The summed E-state index contributed by atoms with van der Waals surface area (Å²) in [5.74, 6) is 0.411. The Balaban J connectivity index is 2.81. The molecule has 5 heteroatoms. The molecular weight excluding hydrogens is 216 g/mol. The molecule has 15 heavy (non-hydrogen) atoms. The van der Waals surface area contributed by atoms with E-state index in [4.69, 9.17) is 26.3 Å². The number of pyridine rings is 1. The summed E-state index contributed by atoms with van der Waals surface area (Å²) in [6.07, 6.45) is 0.